The molecule has 0 aliphatic carbocycles. The van der Waals surface area contributed by atoms with Crippen LogP contribution in [-0.2, 0) is 6.42 Å². The van der Waals surface area contributed by atoms with Crippen LogP contribution in [0.3, 0.4) is 0 Å². The van der Waals surface area contributed by atoms with Crippen molar-refractivity contribution in [3.8, 4) is 0 Å². The molecule has 2 aromatic rings. The smallest absolute Gasteiger partial charge is 0.128 e. The first-order chi connectivity index (χ1) is 8.78. The second-order valence-electron chi connectivity index (χ2n) is 4.63. The monoisotopic (exact) mass is 239 g/mol. The number of aromatic nitrogens is 1. The number of fused-ring (bicyclic) bond motifs is 1. The van der Waals surface area contributed by atoms with E-state index in [0.29, 0.717) is 0 Å². The summed E-state index contributed by atoms with van der Waals surface area (Å²) < 4.78 is 0. The number of nitrogens with one attached hydrogen (secondary N) is 1. The minimum absolute atomic E-state index is 0.925. The van der Waals surface area contributed by atoms with Crippen LogP contribution in [0, 0.1) is 6.92 Å². The maximum absolute atomic E-state index is 4.44. The quantitative estimate of drug-likeness (QED) is 0.872. The van der Waals surface area contributed by atoms with Crippen molar-refractivity contribution in [3.05, 3.63) is 47.7 Å². The molecule has 3 rings (SSSR count). The SMILES string of the molecule is CNc1cc(N2CCc3ccccc32)cc(C)n1. The molecule has 0 saturated heterocycles. The summed E-state index contributed by atoms with van der Waals surface area (Å²) in [6.45, 7) is 3.08. The molecule has 0 saturated carbocycles. The average Bonchev–Trinajstić information content (AvgIpc) is 2.81. The topological polar surface area (TPSA) is 28.2 Å². The third-order valence-electron chi connectivity index (χ3n) is 3.39. The fourth-order valence-corrected chi connectivity index (χ4v) is 2.54. The first-order valence-corrected chi connectivity index (χ1v) is 6.30. The van der Waals surface area contributed by atoms with E-state index in [2.05, 4.69) is 51.6 Å². The molecule has 0 unspecified atom stereocenters. The molecule has 0 bridgehead atoms. The fourth-order valence-electron chi connectivity index (χ4n) is 2.54. The highest BCUT2D eigenvalue weighted by Gasteiger charge is 2.20. The summed E-state index contributed by atoms with van der Waals surface area (Å²) in [6.07, 6.45) is 1.12. The Kier molecular flexibility index (Phi) is 2.67. The van der Waals surface area contributed by atoms with Crippen molar-refractivity contribution in [1.82, 2.24) is 4.98 Å². The predicted octanol–water partition coefficient (Wildman–Crippen LogP) is 3.13. The summed E-state index contributed by atoms with van der Waals surface area (Å²) >= 11 is 0. The van der Waals surface area contributed by atoms with E-state index in [1.54, 1.807) is 0 Å². The van der Waals surface area contributed by atoms with Gasteiger partial charge in [0.15, 0.2) is 0 Å². The van der Waals surface area contributed by atoms with Crippen LogP contribution in [-0.4, -0.2) is 18.6 Å². The highest BCUT2D eigenvalue weighted by Crippen LogP contribution is 2.35. The van der Waals surface area contributed by atoms with Gasteiger partial charge in [-0.3, -0.25) is 0 Å². The third kappa shape index (κ3) is 1.82. The van der Waals surface area contributed by atoms with E-state index in [1.807, 2.05) is 14.0 Å². The molecule has 0 fully saturated rings. The summed E-state index contributed by atoms with van der Waals surface area (Å²) in [6, 6.07) is 12.9. The van der Waals surface area contributed by atoms with Crippen LogP contribution in [0.5, 0.6) is 0 Å². The van der Waals surface area contributed by atoms with Gasteiger partial charge in [-0.15, -0.1) is 0 Å². The number of anilines is 3. The number of para-hydroxylation sites is 1. The van der Waals surface area contributed by atoms with Crippen LogP contribution >= 0.6 is 0 Å². The standard InChI is InChI=1S/C15H17N3/c1-11-9-13(10-15(16-2)17-11)18-8-7-12-5-3-4-6-14(12)18/h3-6,9-10H,7-8H2,1-2H3,(H,16,17). The molecule has 3 nitrogen and oxygen atoms in total. The lowest BCUT2D eigenvalue weighted by Gasteiger charge is -2.20. The zero-order valence-corrected chi connectivity index (χ0v) is 10.8. The molecular weight excluding hydrogens is 222 g/mol. The number of rotatable bonds is 2. The molecule has 1 aliphatic heterocycles. The van der Waals surface area contributed by atoms with Crippen molar-refractivity contribution in [3.63, 3.8) is 0 Å². The lowest BCUT2D eigenvalue weighted by molar-refractivity contribution is 0.992. The van der Waals surface area contributed by atoms with Gasteiger partial charge in [-0.1, -0.05) is 18.2 Å². The molecule has 0 spiro atoms. The van der Waals surface area contributed by atoms with Crippen molar-refractivity contribution in [2.45, 2.75) is 13.3 Å². The van der Waals surface area contributed by atoms with Gasteiger partial charge < -0.3 is 10.2 Å². The van der Waals surface area contributed by atoms with E-state index in [0.717, 1.165) is 24.5 Å². The van der Waals surface area contributed by atoms with Gasteiger partial charge in [-0.25, -0.2) is 4.98 Å². The Hall–Kier alpha value is -2.03. The second-order valence-corrected chi connectivity index (χ2v) is 4.63. The fraction of sp³-hybridized carbons (Fsp3) is 0.267. The molecular formula is C15H17N3. The van der Waals surface area contributed by atoms with Crippen LogP contribution in [0.2, 0.25) is 0 Å². The molecule has 18 heavy (non-hydrogen) atoms. The van der Waals surface area contributed by atoms with Gasteiger partial charge >= 0.3 is 0 Å². The predicted molar refractivity (Wildman–Crippen MR) is 75.7 cm³/mol. The first kappa shape index (κ1) is 11.1. The molecule has 0 radical (unpaired) electrons. The Bertz CT molecular complexity index is 578. The molecule has 3 heteroatoms. The minimum Gasteiger partial charge on any atom is -0.373 e. The van der Waals surface area contributed by atoms with E-state index in [1.165, 1.54) is 16.9 Å². The summed E-state index contributed by atoms with van der Waals surface area (Å²) in [7, 11) is 1.91. The Balaban J connectivity index is 2.04. The van der Waals surface area contributed by atoms with Gasteiger partial charge in [0.2, 0.25) is 0 Å². The normalized spacial score (nSPS) is 13.6. The highest BCUT2D eigenvalue weighted by molar-refractivity contribution is 5.71. The van der Waals surface area contributed by atoms with E-state index < -0.39 is 0 Å². The van der Waals surface area contributed by atoms with Crippen LogP contribution in [0.25, 0.3) is 0 Å². The Morgan fingerprint density at radius 2 is 2.06 bits per heavy atom. The summed E-state index contributed by atoms with van der Waals surface area (Å²) in [5.41, 5.74) is 5.01. The van der Waals surface area contributed by atoms with Gasteiger partial charge in [0.05, 0.1) is 0 Å². The lowest BCUT2D eigenvalue weighted by atomic mass is 10.2. The lowest BCUT2D eigenvalue weighted by Crippen LogP contribution is -2.14. The second kappa shape index (κ2) is 4.33. The zero-order valence-electron chi connectivity index (χ0n) is 10.8. The van der Waals surface area contributed by atoms with E-state index in [-0.39, 0.29) is 0 Å². The number of aryl methyl sites for hydroxylation is 1. The highest BCUT2D eigenvalue weighted by atomic mass is 15.2. The number of hydrogen-bond donors (Lipinski definition) is 1. The Morgan fingerprint density at radius 1 is 1.22 bits per heavy atom. The van der Waals surface area contributed by atoms with Gasteiger partial charge in [0.25, 0.3) is 0 Å². The van der Waals surface area contributed by atoms with Crippen LogP contribution in [0.1, 0.15) is 11.3 Å². The van der Waals surface area contributed by atoms with Gasteiger partial charge in [-0.2, -0.15) is 0 Å². The molecule has 1 N–H and O–H groups in total. The molecule has 0 amide bonds. The van der Waals surface area contributed by atoms with Crippen LogP contribution in [0.4, 0.5) is 17.2 Å². The van der Waals surface area contributed by atoms with Crippen molar-refractivity contribution in [2.75, 3.05) is 23.8 Å². The summed E-state index contributed by atoms with van der Waals surface area (Å²) in [4.78, 5) is 6.81. The van der Waals surface area contributed by atoms with Crippen molar-refractivity contribution in [1.29, 1.82) is 0 Å². The van der Waals surface area contributed by atoms with Gasteiger partial charge in [-0.05, 0) is 31.0 Å². The minimum atomic E-state index is 0.925. The Morgan fingerprint density at radius 3 is 2.89 bits per heavy atom. The number of hydrogen-bond acceptors (Lipinski definition) is 3. The van der Waals surface area contributed by atoms with Gasteiger partial charge in [0, 0.05) is 36.7 Å². The largest absolute Gasteiger partial charge is 0.373 e. The zero-order chi connectivity index (χ0) is 12.5. The number of nitrogens with zero attached hydrogens (tertiary/aromatic N) is 2. The molecule has 1 aliphatic rings. The van der Waals surface area contributed by atoms with Crippen LogP contribution in [0.15, 0.2) is 36.4 Å². The van der Waals surface area contributed by atoms with E-state index in [9.17, 15) is 0 Å². The number of benzene rings is 1. The van der Waals surface area contributed by atoms with Crippen molar-refractivity contribution < 1.29 is 0 Å². The average molecular weight is 239 g/mol. The molecule has 1 aromatic carbocycles. The van der Waals surface area contributed by atoms with Crippen LogP contribution < -0.4 is 10.2 Å². The number of pyridine rings is 1. The van der Waals surface area contributed by atoms with E-state index >= 15 is 0 Å². The molecule has 1 aromatic heterocycles. The van der Waals surface area contributed by atoms with Crippen molar-refractivity contribution in [2.24, 2.45) is 0 Å². The van der Waals surface area contributed by atoms with Crippen molar-refractivity contribution >= 4 is 17.2 Å². The van der Waals surface area contributed by atoms with Gasteiger partial charge in [0.1, 0.15) is 5.82 Å². The molecule has 2 heterocycles. The summed E-state index contributed by atoms with van der Waals surface area (Å²) in [5.74, 6) is 0.925. The first-order valence-electron chi connectivity index (χ1n) is 6.30. The Labute approximate surface area is 107 Å². The summed E-state index contributed by atoms with van der Waals surface area (Å²) in [5, 5.41) is 3.12. The maximum Gasteiger partial charge on any atom is 0.128 e. The third-order valence-corrected chi connectivity index (χ3v) is 3.39. The molecule has 92 valence electrons. The maximum atomic E-state index is 4.44. The van der Waals surface area contributed by atoms with E-state index in [4.69, 9.17) is 0 Å². The molecule has 0 atom stereocenters.